The van der Waals surface area contributed by atoms with Gasteiger partial charge in [-0.2, -0.15) is 0 Å². The first-order valence-corrected chi connectivity index (χ1v) is 8.35. The van der Waals surface area contributed by atoms with Crippen LogP contribution in [0.2, 0.25) is 0 Å². The van der Waals surface area contributed by atoms with Crippen molar-refractivity contribution < 1.29 is 9.47 Å². The molecular weight excluding hydrogens is 401 g/mol. The fraction of sp³-hybridized carbons (Fsp3) is 0.211. The van der Waals surface area contributed by atoms with Crippen molar-refractivity contribution in [2.24, 2.45) is 4.99 Å². The normalized spacial score (nSPS) is 10.8. The lowest BCUT2D eigenvalue weighted by Gasteiger charge is -2.12. The van der Waals surface area contributed by atoms with E-state index in [2.05, 4.69) is 66.2 Å². The van der Waals surface area contributed by atoms with E-state index in [0.29, 0.717) is 12.4 Å². The van der Waals surface area contributed by atoms with E-state index in [4.69, 9.17) is 9.47 Å². The Kier molecular flexibility index (Phi) is 6.21. The number of methoxy groups -OCH3 is 1. The van der Waals surface area contributed by atoms with Crippen LogP contribution in [-0.4, -0.2) is 19.9 Å². The number of nitrogens with zero attached hydrogens (tertiary/aromatic N) is 1. The Balaban J connectivity index is 2.33. The summed E-state index contributed by atoms with van der Waals surface area (Å²) in [4.78, 5) is 4.60. The Morgan fingerprint density at radius 3 is 2.70 bits per heavy atom. The van der Waals surface area contributed by atoms with E-state index in [9.17, 15) is 0 Å². The average molecular weight is 421 g/mol. The molecule has 0 aliphatic heterocycles. The van der Waals surface area contributed by atoms with Gasteiger partial charge in [-0.25, -0.2) is 0 Å². The zero-order chi connectivity index (χ0) is 16.8. The van der Waals surface area contributed by atoms with Gasteiger partial charge in [0.2, 0.25) is 0 Å². The van der Waals surface area contributed by atoms with Crippen molar-refractivity contribution in [3.8, 4) is 11.5 Å². The number of halogens is 1. The third-order valence-electron chi connectivity index (χ3n) is 3.31. The number of hydrogen-bond acceptors (Lipinski definition) is 3. The summed E-state index contributed by atoms with van der Waals surface area (Å²) < 4.78 is 12.1. The van der Waals surface area contributed by atoms with E-state index in [1.54, 1.807) is 13.2 Å². The van der Waals surface area contributed by atoms with E-state index in [-0.39, 0.29) is 0 Å². The van der Waals surface area contributed by atoms with Gasteiger partial charge in [-0.05, 0) is 71.3 Å². The van der Waals surface area contributed by atoms with Gasteiger partial charge in [-0.1, -0.05) is 24.8 Å². The molecule has 0 aliphatic carbocycles. The SMILES string of the molecule is C=CCOc1c(I)cc(C=Nc2cc(C)ccc2C)cc1OC. The number of hydrogen-bond donors (Lipinski definition) is 0. The van der Waals surface area contributed by atoms with Crippen LogP contribution >= 0.6 is 22.6 Å². The Hall–Kier alpha value is -1.82. The molecule has 0 N–H and O–H groups in total. The summed E-state index contributed by atoms with van der Waals surface area (Å²) in [5, 5.41) is 0. The third-order valence-corrected chi connectivity index (χ3v) is 4.12. The van der Waals surface area contributed by atoms with Crippen LogP contribution < -0.4 is 9.47 Å². The van der Waals surface area contributed by atoms with Crippen molar-refractivity contribution in [2.45, 2.75) is 13.8 Å². The summed E-state index contributed by atoms with van der Waals surface area (Å²) in [5.74, 6) is 1.43. The molecule has 120 valence electrons. The molecule has 0 aliphatic rings. The predicted molar refractivity (Wildman–Crippen MR) is 105 cm³/mol. The fourth-order valence-corrected chi connectivity index (χ4v) is 2.88. The number of rotatable bonds is 6. The Morgan fingerprint density at radius 2 is 2.00 bits per heavy atom. The Bertz CT molecular complexity index is 738. The second-order valence-electron chi connectivity index (χ2n) is 5.18. The largest absolute Gasteiger partial charge is 0.493 e. The molecule has 3 nitrogen and oxygen atoms in total. The number of aliphatic imine (C=N–C) groups is 1. The molecule has 23 heavy (non-hydrogen) atoms. The first-order chi connectivity index (χ1) is 11.0. The summed E-state index contributed by atoms with van der Waals surface area (Å²) in [7, 11) is 1.64. The molecule has 2 aromatic rings. The van der Waals surface area contributed by atoms with Crippen LogP contribution in [0.3, 0.4) is 0 Å². The highest BCUT2D eigenvalue weighted by atomic mass is 127. The van der Waals surface area contributed by atoms with Crippen molar-refractivity contribution in [1.29, 1.82) is 0 Å². The first-order valence-electron chi connectivity index (χ1n) is 7.27. The molecule has 0 fully saturated rings. The zero-order valence-electron chi connectivity index (χ0n) is 13.6. The molecule has 2 aromatic carbocycles. The second-order valence-corrected chi connectivity index (χ2v) is 6.34. The van der Waals surface area contributed by atoms with Crippen molar-refractivity contribution in [2.75, 3.05) is 13.7 Å². The van der Waals surface area contributed by atoms with E-state index < -0.39 is 0 Å². The van der Waals surface area contributed by atoms with Crippen LogP contribution in [0, 0.1) is 17.4 Å². The molecular formula is C19H20INO2. The van der Waals surface area contributed by atoms with Gasteiger partial charge in [0.05, 0.1) is 16.4 Å². The summed E-state index contributed by atoms with van der Waals surface area (Å²) in [6.07, 6.45) is 3.56. The standard InChI is InChI=1S/C19H20INO2/c1-5-8-23-19-16(20)10-15(11-18(19)22-4)12-21-17-9-13(2)6-7-14(17)3/h5-7,9-12H,1,8H2,2-4H3. The maximum absolute atomic E-state index is 5.67. The van der Waals surface area contributed by atoms with Crippen LogP contribution in [0.4, 0.5) is 5.69 Å². The van der Waals surface area contributed by atoms with Gasteiger partial charge in [0.1, 0.15) is 6.61 Å². The fourth-order valence-electron chi connectivity index (χ4n) is 2.10. The lowest BCUT2D eigenvalue weighted by molar-refractivity contribution is 0.324. The molecule has 0 heterocycles. The summed E-state index contributed by atoms with van der Waals surface area (Å²) >= 11 is 2.24. The van der Waals surface area contributed by atoms with Crippen LogP contribution in [0.5, 0.6) is 11.5 Å². The smallest absolute Gasteiger partial charge is 0.174 e. The molecule has 0 spiro atoms. The molecule has 0 unspecified atom stereocenters. The molecule has 4 heteroatoms. The maximum Gasteiger partial charge on any atom is 0.174 e. The molecule has 0 aromatic heterocycles. The van der Waals surface area contributed by atoms with E-state index in [1.807, 2.05) is 18.3 Å². The monoisotopic (exact) mass is 421 g/mol. The van der Waals surface area contributed by atoms with E-state index in [1.165, 1.54) is 5.56 Å². The van der Waals surface area contributed by atoms with Crippen LogP contribution in [0.1, 0.15) is 16.7 Å². The zero-order valence-corrected chi connectivity index (χ0v) is 15.8. The number of aryl methyl sites for hydroxylation is 2. The summed E-state index contributed by atoms with van der Waals surface area (Å²) in [5.41, 5.74) is 4.30. The Labute approximate surface area is 151 Å². The van der Waals surface area contributed by atoms with Gasteiger partial charge < -0.3 is 9.47 Å². The summed E-state index contributed by atoms with van der Waals surface area (Å²) in [6.45, 7) is 8.24. The highest BCUT2D eigenvalue weighted by Crippen LogP contribution is 2.33. The maximum atomic E-state index is 5.67. The molecule has 0 saturated carbocycles. The topological polar surface area (TPSA) is 30.8 Å². The van der Waals surface area contributed by atoms with Crippen molar-refractivity contribution in [1.82, 2.24) is 0 Å². The van der Waals surface area contributed by atoms with Gasteiger partial charge in [-0.15, -0.1) is 0 Å². The van der Waals surface area contributed by atoms with Gasteiger partial charge in [-0.3, -0.25) is 4.99 Å². The quantitative estimate of drug-likeness (QED) is 0.363. The van der Waals surface area contributed by atoms with E-state index in [0.717, 1.165) is 26.1 Å². The van der Waals surface area contributed by atoms with Gasteiger partial charge in [0, 0.05) is 6.21 Å². The number of benzene rings is 2. The molecule has 0 radical (unpaired) electrons. The second kappa shape index (κ2) is 8.15. The molecule has 0 amide bonds. The number of ether oxygens (including phenoxy) is 2. The van der Waals surface area contributed by atoms with E-state index >= 15 is 0 Å². The molecule has 0 bridgehead atoms. The minimum atomic E-state index is 0.447. The average Bonchev–Trinajstić information content (AvgIpc) is 2.54. The van der Waals surface area contributed by atoms with Crippen LogP contribution in [-0.2, 0) is 0 Å². The molecule has 0 saturated heterocycles. The minimum Gasteiger partial charge on any atom is -0.493 e. The third kappa shape index (κ3) is 4.58. The van der Waals surface area contributed by atoms with Gasteiger partial charge in [0.25, 0.3) is 0 Å². The van der Waals surface area contributed by atoms with Crippen molar-refractivity contribution >= 4 is 34.5 Å². The minimum absolute atomic E-state index is 0.447. The Morgan fingerprint density at radius 1 is 1.22 bits per heavy atom. The lowest BCUT2D eigenvalue weighted by Crippen LogP contribution is -1.99. The highest BCUT2D eigenvalue weighted by molar-refractivity contribution is 14.1. The summed E-state index contributed by atoms with van der Waals surface area (Å²) in [6, 6.07) is 10.2. The highest BCUT2D eigenvalue weighted by Gasteiger charge is 2.10. The lowest BCUT2D eigenvalue weighted by atomic mass is 10.1. The van der Waals surface area contributed by atoms with Crippen LogP contribution in [0.25, 0.3) is 0 Å². The van der Waals surface area contributed by atoms with Gasteiger partial charge >= 0.3 is 0 Å². The van der Waals surface area contributed by atoms with Crippen molar-refractivity contribution in [3.63, 3.8) is 0 Å². The van der Waals surface area contributed by atoms with Gasteiger partial charge in [0.15, 0.2) is 11.5 Å². The molecule has 0 atom stereocenters. The molecule has 2 rings (SSSR count). The predicted octanol–water partition coefficient (Wildman–Crippen LogP) is 5.23. The first kappa shape index (κ1) is 17.5. The van der Waals surface area contributed by atoms with Crippen molar-refractivity contribution in [3.05, 3.63) is 63.2 Å². The van der Waals surface area contributed by atoms with Crippen LogP contribution in [0.15, 0.2) is 48.0 Å².